The van der Waals surface area contributed by atoms with Crippen LogP contribution in [0.5, 0.6) is 0 Å². The number of aliphatic hydroxyl groups is 5. The highest BCUT2D eigenvalue weighted by molar-refractivity contribution is 4.90. The van der Waals surface area contributed by atoms with Gasteiger partial charge in [0.25, 0.3) is 0 Å². The lowest BCUT2D eigenvalue weighted by molar-refractivity contribution is -0.331. The minimum atomic E-state index is -2.17. The van der Waals surface area contributed by atoms with Gasteiger partial charge in [-0.25, -0.2) is 0 Å². The van der Waals surface area contributed by atoms with Crippen LogP contribution in [-0.2, 0) is 4.74 Å². The Labute approximate surface area is 68.6 Å². The highest BCUT2D eigenvalue weighted by atomic mass is 17.2. The van der Waals surface area contributed by atoms with E-state index in [0.717, 1.165) is 0 Å². The van der Waals surface area contributed by atoms with Crippen LogP contribution in [0.25, 0.3) is 0 Å². The lowest BCUT2D eigenvalue weighted by Gasteiger charge is -2.40. The largest absolute Gasteiger partial charge is 0.391 e. The van der Waals surface area contributed by atoms with Crippen molar-refractivity contribution >= 4 is 0 Å². The van der Waals surface area contributed by atoms with Gasteiger partial charge >= 0.3 is 0 Å². The topological polar surface area (TPSA) is 110 Å². The Hall–Kier alpha value is -0.240. The molecule has 1 rings (SSSR count). The average molecular weight is 192 g/mol. The summed E-state index contributed by atoms with van der Waals surface area (Å²) in [6, 6.07) is 0. The number of rotatable bonds is 1. The Morgan fingerprint density at radius 3 is 2.42 bits per heavy atom. The SMILES string of the molecule is O[14CH2][14C]1(O)O[14CH2][14C@@H](O)[14C@@H](O)[14C@@H]1O. The van der Waals surface area contributed by atoms with Gasteiger partial charge < -0.3 is 30.3 Å². The fourth-order valence-electron chi connectivity index (χ4n) is 1.03. The van der Waals surface area contributed by atoms with Crippen LogP contribution < -0.4 is 0 Å². The second-order valence-corrected chi connectivity index (χ2v) is 2.82. The van der Waals surface area contributed by atoms with E-state index in [4.69, 9.17) is 20.4 Å². The first kappa shape index (κ1) is 9.85. The number of ether oxygens (including phenoxy) is 1. The Bertz CT molecular complexity index is 162. The normalized spacial score (nSPS) is 49.2. The monoisotopic (exact) mass is 192 g/mol. The van der Waals surface area contributed by atoms with Crippen molar-refractivity contribution in [3.63, 3.8) is 0 Å². The van der Waals surface area contributed by atoms with Crippen LogP contribution >= 0.6 is 0 Å². The van der Waals surface area contributed by atoms with Crippen molar-refractivity contribution in [1.29, 1.82) is 0 Å². The molecule has 6 heteroatoms. The predicted octanol–water partition coefficient (Wildman–Crippen LogP) is -3.22. The van der Waals surface area contributed by atoms with Gasteiger partial charge in [0, 0.05) is 0 Å². The molecule has 4 atom stereocenters. The molecule has 0 aromatic carbocycles. The van der Waals surface area contributed by atoms with Gasteiger partial charge in [0.05, 0.1) is 13.2 Å². The zero-order chi connectivity index (χ0) is 9.35. The van der Waals surface area contributed by atoms with Crippen molar-refractivity contribution in [3.05, 3.63) is 0 Å². The van der Waals surface area contributed by atoms with Crippen LogP contribution in [0.4, 0.5) is 0 Å². The molecule has 6 nitrogen and oxygen atoms in total. The lowest BCUT2D eigenvalue weighted by Crippen LogP contribution is -2.62. The van der Waals surface area contributed by atoms with E-state index in [2.05, 4.69) is 4.74 Å². The van der Waals surface area contributed by atoms with Gasteiger partial charge in [-0.15, -0.1) is 0 Å². The van der Waals surface area contributed by atoms with E-state index in [9.17, 15) is 5.11 Å². The summed E-state index contributed by atoms with van der Waals surface area (Å²) in [5.74, 6) is -2.17. The zero-order valence-corrected chi connectivity index (χ0v) is 6.29. The molecule has 0 saturated carbocycles. The molecule has 0 spiro atoms. The number of hydrogen-bond donors (Lipinski definition) is 5. The van der Waals surface area contributed by atoms with Crippen LogP contribution in [0, 0.1) is 0 Å². The van der Waals surface area contributed by atoms with Gasteiger partial charge in [-0.2, -0.15) is 0 Å². The molecule has 12 heavy (non-hydrogen) atoms. The summed E-state index contributed by atoms with van der Waals surface area (Å²) in [6.45, 7) is -1.16. The maximum atomic E-state index is 9.24. The van der Waals surface area contributed by atoms with E-state index in [1.54, 1.807) is 0 Å². The average Bonchev–Trinajstić information content (AvgIpc) is 2.09. The van der Waals surface area contributed by atoms with Crippen molar-refractivity contribution in [3.8, 4) is 0 Å². The maximum Gasteiger partial charge on any atom is 0.218 e. The summed E-state index contributed by atoms with van der Waals surface area (Å²) in [5, 5.41) is 45.0. The van der Waals surface area contributed by atoms with Crippen LogP contribution in [0.2, 0.25) is 0 Å². The molecule has 5 N–H and O–H groups in total. The first-order chi connectivity index (χ1) is 5.51. The molecule has 0 aliphatic carbocycles. The second-order valence-electron chi connectivity index (χ2n) is 2.82. The molecule has 1 heterocycles. The third kappa shape index (κ3) is 1.45. The van der Waals surface area contributed by atoms with Crippen molar-refractivity contribution in [2.75, 3.05) is 13.2 Å². The van der Waals surface area contributed by atoms with Crippen molar-refractivity contribution in [2.45, 2.75) is 24.1 Å². The zero-order valence-electron chi connectivity index (χ0n) is 6.29. The van der Waals surface area contributed by atoms with Gasteiger partial charge in [0.1, 0.15) is 18.3 Å². The summed E-state index contributed by atoms with van der Waals surface area (Å²) in [6.07, 6.45) is -4.45. The summed E-state index contributed by atoms with van der Waals surface area (Å²) in [5.41, 5.74) is 0. The fraction of sp³-hybridized carbons (Fsp3) is 1.00. The third-order valence-corrected chi connectivity index (χ3v) is 1.91. The van der Waals surface area contributed by atoms with Crippen molar-refractivity contribution in [2.24, 2.45) is 0 Å². The van der Waals surface area contributed by atoms with Crippen molar-refractivity contribution < 1.29 is 30.3 Å². The van der Waals surface area contributed by atoms with E-state index in [-0.39, 0.29) is 6.61 Å². The Kier molecular flexibility index (Phi) is 2.67. The van der Waals surface area contributed by atoms with Gasteiger partial charge in [-0.05, 0) is 0 Å². The third-order valence-electron chi connectivity index (χ3n) is 1.91. The fourth-order valence-corrected chi connectivity index (χ4v) is 1.03. The van der Waals surface area contributed by atoms with Crippen LogP contribution in [-0.4, -0.2) is 62.8 Å². The van der Waals surface area contributed by atoms with E-state index < -0.39 is 30.7 Å². The Morgan fingerprint density at radius 1 is 1.33 bits per heavy atom. The first-order valence-corrected chi connectivity index (χ1v) is 3.52. The lowest BCUT2D eigenvalue weighted by atomic mass is 11.9. The molecule has 72 valence electrons. The summed E-state index contributed by atoms with van der Waals surface area (Å²) >= 11 is 0. The Morgan fingerprint density at radius 2 is 1.92 bits per heavy atom. The smallest absolute Gasteiger partial charge is 0.218 e. The predicted molar refractivity (Wildman–Crippen MR) is 36.0 cm³/mol. The van der Waals surface area contributed by atoms with Crippen molar-refractivity contribution in [1.82, 2.24) is 0 Å². The van der Waals surface area contributed by atoms with E-state index >= 15 is 0 Å². The molecule has 1 aliphatic rings. The van der Waals surface area contributed by atoms with Gasteiger partial charge in [-0.1, -0.05) is 0 Å². The van der Waals surface area contributed by atoms with Gasteiger partial charge in [0.2, 0.25) is 5.79 Å². The Balaban J connectivity index is 2.71. The molecular weight excluding hydrogens is 180 g/mol. The van der Waals surface area contributed by atoms with E-state index in [1.807, 2.05) is 0 Å². The quantitative estimate of drug-likeness (QED) is 0.299. The second kappa shape index (κ2) is 3.25. The molecule has 0 aromatic heterocycles. The summed E-state index contributed by atoms with van der Waals surface area (Å²) < 4.78 is 4.56. The minimum absolute atomic E-state index is 0.324. The highest BCUT2D eigenvalue weighted by Crippen LogP contribution is 2.22. The van der Waals surface area contributed by atoms with Crippen LogP contribution in [0.1, 0.15) is 0 Å². The minimum Gasteiger partial charge on any atom is -0.391 e. The highest BCUT2D eigenvalue weighted by Gasteiger charge is 2.47. The van der Waals surface area contributed by atoms with Gasteiger partial charge in [-0.3, -0.25) is 0 Å². The van der Waals surface area contributed by atoms with E-state index in [1.165, 1.54) is 0 Å². The molecule has 0 aromatic rings. The molecule has 1 unspecified atom stereocenters. The van der Waals surface area contributed by atoms with Gasteiger partial charge in [0.15, 0.2) is 0 Å². The molecule has 1 saturated heterocycles. The molecule has 1 fully saturated rings. The van der Waals surface area contributed by atoms with Crippen LogP contribution in [0.3, 0.4) is 0 Å². The standard InChI is InChI=1S/C6H12O6/c7-2-6(11)5(10)4(9)3(8)1-12-6/h3-5,7-11H,1-2H2/t3-,4-,5+,6?/m1/s1/i1+2,2+2,3+2,4+2,5+2,6+2. The molecule has 1 aliphatic heterocycles. The molecular formula is C6H12O6. The van der Waals surface area contributed by atoms with E-state index in [0.29, 0.717) is 0 Å². The summed E-state index contributed by atoms with van der Waals surface area (Å²) in [4.78, 5) is 0. The molecule has 0 radical (unpaired) electrons. The number of aliphatic hydroxyl groups excluding tert-OH is 4. The maximum absolute atomic E-state index is 9.24. The number of hydrogen-bond acceptors (Lipinski definition) is 6. The van der Waals surface area contributed by atoms with Crippen LogP contribution in [0.15, 0.2) is 0 Å². The first-order valence-electron chi connectivity index (χ1n) is 3.52. The summed E-state index contributed by atoms with van der Waals surface area (Å²) in [7, 11) is 0. The molecule has 0 amide bonds. The molecule has 0 bridgehead atoms.